The first-order valence-corrected chi connectivity index (χ1v) is 8.11. The molecule has 0 saturated carbocycles. The van der Waals surface area contributed by atoms with Gasteiger partial charge in [0.05, 0.1) is 0 Å². The maximum absolute atomic E-state index is 13.5. The highest BCUT2D eigenvalue weighted by Gasteiger charge is 2.16. The molecule has 2 aromatic carbocycles. The van der Waals surface area contributed by atoms with E-state index in [1.165, 1.54) is 6.07 Å². The Hall–Kier alpha value is -0.900. The van der Waals surface area contributed by atoms with Crippen LogP contribution in [0.15, 0.2) is 40.9 Å². The van der Waals surface area contributed by atoms with E-state index in [1.54, 1.807) is 6.07 Å². The molecule has 0 aliphatic heterocycles. The fourth-order valence-electron chi connectivity index (χ4n) is 2.40. The molecular weight excluding hydrogens is 353 g/mol. The normalized spacial score (nSPS) is 12.4. The second-order valence-corrected chi connectivity index (χ2v) is 6.34. The van der Waals surface area contributed by atoms with Crippen molar-refractivity contribution in [2.75, 3.05) is 6.54 Å². The van der Waals surface area contributed by atoms with Crippen molar-refractivity contribution in [2.24, 2.45) is 0 Å². The summed E-state index contributed by atoms with van der Waals surface area (Å²) in [5, 5.41) is 4.15. The lowest BCUT2D eigenvalue weighted by atomic mass is 9.96. The SMILES string of the molecule is CCNC(Cc1cc(F)ccc1C)c1cc(Cl)ccc1Br. The number of nitrogens with one attached hydrogen (secondary N) is 1. The zero-order valence-electron chi connectivity index (χ0n) is 12.1. The van der Waals surface area contributed by atoms with E-state index in [4.69, 9.17) is 11.6 Å². The quantitative estimate of drug-likeness (QED) is 0.738. The summed E-state index contributed by atoms with van der Waals surface area (Å²) in [6, 6.07) is 10.8. The van der Waals surface area contributed by atoms with Crippen molar-refractivity contribution < 1.29 is 4.39 Å². The van der Waals surface area contributed by atoms with Gasteiger partial charge in [0.15, 0.2) is 0 Å². The Balaban J connectivity index is 2.35. The van der Waals surface area contributed by atoms with Gasteiger partial charge in [0.1, 0.15) is 5.82 Å². The maximum atomic E-state index is 13.5. The van der Waals surface area contributed by atoms with Gasteiger partial charge in [-0.15, -0.1) is 0 Å². The van der Waals surface area contributed by atoms with Crippen LogP contribution in [0.1, 0.15) is 29.7 Å². The van der Waals surface area contributed by atoms with E-state index in [0.29, 0.717) is 5.02 Å². The second-order valence-electron chi connectivity index (χ2n) is 5.05. The van der Waals surface area contributed by atoms with Crippen LogP contribution in [0.25, 0.3) is 0 Å². The molecule has 112 valence electrons. The lowest BCUT2D eigenvalue weighted by molar-refractivity contribution is 0.543. The fraction of sp³-hybridized carbons (Fsp3) is 0.294. The molecule has 21 heavy (non-hydrogen) atoms. The van der Waals surface area contributed by atoms with Gasteiger partial charge in [-0.25, -0.2) is 4.39 Å². The summed E-state index contributed by atoms with van der Waals surface area (Å²) < 4.78 is 14.5. The lowest BCUT2D eigenvalue weighted by Gasteiger charge is -2.21. The number of rotatable bonds is 5. The van der Waals surface area contributed by atoms with Gasteiger partial charge >= 0.3 is 0 Å². The highest BCUT2D eigenvalue weighted by atomic mass is 79.9. The van der Waals surface area contributed by atoms with Gasteiger partial charge in [-0.05, 0) is 66.9 Å². The first kappa shape index (κ1) is 16.5. The Morgan fingerprint density at radius 2 is 2.00 bits per heavy atom. The zero-order valence-corrected chi connectivity index (χ0v) is 14.4. The molecule has 1 N–H and O–H groups in total. The number of hydrogen-bond acceptors (Lipinski definition) is 1. The summed E-state index contributed by atoms with van der Waals surface area (Å²) in [5.41, 5.74) is 3.19. The third-order valence-electron chi connectivity index (χ3n) is 3.52. The van der Waals surface area contributed by atoms with Crippen molar-refractivity contribution in [3.05, 3.63) is 68.4 Å². The van der Waals surface area contributed by atoms with Crippen LogP contribution < -0.4 is 5.32 Å². The van der Waals surface area contributed by atoms with Gasteiger partial charge in [-0.1, -0.05) is 40.5 Å². The Morgan fingerprint density at radius 3 is 2.71 bits per heavy atom. The van der Waals surface area contributed by atoms with Crippen molar-refractivity contribution in [2.45, 2.75) is 26.3 Å². The van der Waals surface area contributed by atoms with Crippen LogP contribution in [0, 0.1) is 12.7 Å². The summed E-state index contributed by atoms with van der Waals surface area (Å²) in [5.74, 6) is -0.198. The Morgan fingerprint density at radius 1 is 1.24 bits per heavy atom. The lowest BCUT2D eigenvalue weighted by Crippen LogP contribution is -2.23. The van der Waals surface area contributed by atoms with Crippen LogP contribution in [-0.4, -0.2) is 6.54 Å². The standard InChI is InChI=1S/C17H18BrClFN/c1-3-21-17(15-10-13(19)5-7-16(15)18)9-12-8-14(20)6-4-11(12)2/h4-8,10,17,21H,3,9H2,1-2H3. The summed E-state index contributed by atoms with van der Waals surface area (Å²) in [4.78, 5) is 0. The van der Waals surface area contributed by atoms with Crippen LogP contribution in [0.5, 0.6) is 0 Å². The highest BCUT2D eigenvalue weighted by Crippen LogP contribution is 2.29. The fourth-order valence-corrected chi connectivity index (χ4v) is 3.10. The number of hydrogen-bond donors (Lipinski definition) is 1. The molecule has 0 heterocycles. The summed E-state index contributed by atoms with van der Waals surface area (Å²) in [7, 11) is 0. The molecule has 0 aliphatic rings. The predicted molar refractivity (Wildman–Crippen MR) is 90.4 cm³/mol. The van der Waals surface area contributed by atoms with Crippen molar-refractivity contribution in [1.29, 1.82) is 0 Å². The number of benzene rings is 2. The number of halogens is 3. The van der Waals surface area contributed by atoms with Gasteiger partial charge in [0, 0.05) is 15.5 Å². The van der Waals surface area contributed by atoms with Gasteiger partial charge in [-0.3, -0.25) is 0 Å². The average molecular weight is 371 g/mol. The van der Waals surface area contributed by atoms with Crippen LogP contribution in [0.3, 0.4) is 0 Å². The Labute approximate surface area is 138 Å². The van der Waals surface area contributed by atoms with Gasteiger partial charge in [0.25, 0.3) is 0 Å². The zero-order chi connectivity index (χ0) is 15.4. The molecule has 0 amide bonds. The average Bonchev–Trinajstić information content (AvgIpc) is 2.45. The minimum atomic E-state index is -0.198. The summed E-state index contributed by atoms with van der Waals surface area (Å²) >= 11 is 9.69. The largest absolute Gasteiger partial charge is 0.310 e. The first-order valence-electron chi connectivity index (χ1n) is 6.94. The molecule has 4 heteroatoms. The minimum Gasteiger partial charge on any atom is -0.310 e. The first-order chi connectivity index (χ1) is 10.0. The Kier molecular flexibility index (Phi) is 5.80. The third-order valence-corrected chi connectivity index (χ3v) is 4.48. The molecule has 0 saturated heterocycles. The van der Waals surface area contributed by atoms with E-state index in [-0.39, 0.29) is 11.9 Å². The van der Waals surface area contributed by atoms with E-state index in [2.05, 4.69) is 28.2 Å². The molecule has 1 atom stereocenters. The minimum absolute atomic E-state index is 0.0866. The van der Waals surface area contributed by atoms with Crippen LogP contribution in [-0.2, 0) is 6.42 Å². The molecular formula is C17H18BrClFN. The Bertz CT molecular complexity index is 630. The molecule has 0 aromatic heterocycles. The van der Waals surface area contributed by atoms with Crippen LogP contribution in [0.2, 0.25) is 5.02 Å². The van der Waals surface area contributed by atoms with Crippen molar-refractivity contribution >= 4 is 27.5 Å². The molecule has 0 aliphatic carbocycles. The van der Waals surface area contributed by atoms with Crippen molar-refractivity contribution in [3.63, 3.8) is 0 Å². The van der Waals surface area contributed by atoms with Crippen LogP contribution >= 0.6 is 27.5 Å². The summed E-state index contributed by atoms with van der Waals surface area (Å²) in [6.07, 6.45) is 0.719. The molecule has 0 fully saturated rings. The topological polar surface area (TPSA) is 12.0 Å². The van der Waals surface area contributed by atoms with E-state index in [0.717, 1.165) is 34.1 Å². The molecule has 0 spiro atoms. The molecule has 1 nitrogen and oxygen atoms in total. The second kappa shape index (κ2) is 7.39. The third kappa shape index (κ3) is 4.29. The number of likely N-dealkylation sites (N-methyl/N-ethyl adjacent to an activating group) is 1. The number of aryl methyl sites for hydroxylation is 1. The molecule has 2 rings (SSSR count). The molecule has 0 radical (unpaired) electrons. The maximum Gasteiger partial charge on any atom is 0.123 e. The summed E-state index contributed by atoms with van der Waals surface area (Å²) in [6.45, 7) is 4.90. The highest BCUT2D eigenvalue weighted by molar-refractivity contribution is 9.10. The van der Waals surface area contributed by atoms with Gasteiger partial charge < -0.3 is 5.32 Å². The van der Waals surface area contributed by atoms with E-state index in [9.17, 15) is 4.39 Å². The smallest absolute Gasteiger partial charge is 0.123 e. The van der Waals surface area contributed by atoms with E-state index < -0.39 is 0 Å². The monoisotopic (exact) mass is 369 g/mol. The molecule has 2 aromatic rings. The predicted octanol–water partition coefficient (Wildman–Crippen LogP) is 5.44. The van der Waals surface area contributed by atoms with E-state index >= 15 is 0 Å². The van der Waals surface area contributed by atoms with Gasteiger partial charge in [0.2, 0.25) is 0 Å². The van der Waals surface area contributed by atoms with Crippen LogP contribution in [0.4, 0.5) is 4.39 Å². The van der Waals surface area contributed by atoms with Crippen molar-refractivity contribution in [1.82, 2.24) is 5.32 Å². The van der Waals surface area contributed by atoms with E-state index in [1.807, 2.05) is 31.2 Å². The molecule has 0 bridgehead atoms. The van der Waals surface area contributed by atoms with Gasteiger partial charge in [-0.2, -0.15) is 0 Å². The van der Waals surface area contributed by atoms with Crippen molar-refractivity contribution in [3.8, 4) is 0 Å². The molecule has 1 unspecified atom stereocenters.